The van der Waals surface area contributed by atoms with Crippen LogP contribution in [-0.4, -0.2) is 16.6 Å². The van der Waals surface area contributed by atoms with Gasteiger partial charge in [0.1, 0.15) is 11.3 Å². The van der Waals surface area contributed by atoms with Gasteiger partial charge in [-0.15, -0.1) is 0 Å². The summed E-state index contributed by atoms with van der Waals surface area (Å²) in [5.74, 6) is 0.773. The summed E-state index contributed by atoms with van der Waals surface area (Å²) >= 11 is 4.79. The van der Waals surface area contributed by atoms with Gasteiger partial charge in [-0.1, -0.05) is 30.4 Å². The molecular formula is C12H12N2OS. The van der Waals surface area contributed by atoms with Gasteiger partial charge in [0.25, 0.3) is 0 Å². The highest BCUT2D eigenvalue weighted by Crippen LogP contribution is 2.22. The van der Waals surface area contributed by atoms with Gasteiger partial charge in [-0.3, -0.25) is 4.98 Å². The molecule has 0 spiro atoms. The van der Waals surface area contributed by atoms with Crippen molar-refractivity contribution in [1.82, 2.24) is 4.98 Å². The summed E-state index contributed by atoms with van der Waals surface area (Å²) in [6, 6.07) is 9.75. The molecular weight excluding hydrogens is 220 g/mol. The highest BCUT2D eigenvalue weighted by Gasteiger charge is 2.02. The first kappa shape index (κ1) is 10.8. The lowest BCUT2D eigenvalue weighted by atomic mass is 10.2. The highest BCUT2D eigenvalue weighted by molar-refractivity contribution is 7.80. The quantitative estimate of drug-likeness (QED) is 0.822. The van der Waals surface area contributed by atoms with E-state index >= 15 is 0 Å². The predicted molar refractivity (Wildman–Crippen MR) is 68.6 cm³/mol. The number of thiocarbonyl (C=S) groups is 1. The summed E-state index contributed by atoms with van der Waals surface area (Å²) in [4.78, 5) is 4.76. The van der Waals surface area contributed by atoms with Crippen molar-refractivity contribution in [2.45, 2.75) is 6.42 Å². The predicted octanol–water partition coefficient (Wildman–Crippen LogP) is 2.29. The number of fused-ring (bicyclic) bond motifs is 1. The monoisotopic (exact) mass is 232 g/mol. The van der Waals surface area contributed by atoms with Crippen LogP contribution >= 0.6 is 12.2 Å². The van der Waals surface area contributed by atoms with Gasteiger partial charge in [-0.2, -0.15) is 0 Å². The summed E-state index contributed by atoms with van der Waals surface area (Å²) < 4.78 is 5.60. The Morgan fingerprint density at radius 1 is 1.31 bits per heavy atom. The van der Waals surface area contributed by atoms with Crippen LogP contribution in [0.25, 0.3) is 10.9 Å². The number of rotatable bonds is 4. The topological polar surface area (TPSA) is 48.1 Å². The van der Waals surface area contributed by atoms with E-state index < -0.39 is 0 Å². The molecule has 0 radical (unpaired) electrons. The summed E-state index contributed by atoms with van der Waals surface area (Å²) in [6.45, 7) is 0.491. The van der Waals surface area contributed by atoms with E-state index in [1.807, 2.05) is 30.3 Å². The SMILES string of the molecule is NC(=S)CCOc1cccc2cccnc12. The van der Waals surface area contributed by atoms with Gasteiger partial charge in [-0.25, -0.2) is 0 Å². The molecule has 0 amide bonds. The molecule has 3 nitrogen and oxygen atoms in total. The van der Waals surface area contributed by atoms with Crippen LogP contribution < -0.4 is 10.5 Å². The lowest BCUT2D eigenvalue weighted by molar-refractivity contribution is 0.333. The number of nitrogens with zero attached hydrogens (tertiary/aromatic N) is 1. The maximum atomic E-state index is 5.60. The van der Waals surface area contributed by atoms with Gasteiger partial charge >= 0.3 is 0 Å². The van der Waals surface area contributed by atoms with Crippen LogP contribution in [0.1, 0.15) is 6.42 Å². The maximum Gasteiger partial charge on any atom is 0.145 e. The average molecular weight is 232 g/mol. The standard InChI is InChI=1S/C12H12N2OS/c13-11(16)6-8-15-10-5-1-3-9-4-2-7-14-12(9)10/h1-5,7H,6,8H2,(H2,13,16). The van der Waals surface area contributed by atoms with Crippen molar-refractivity contribution in [3.05, 3.63) is 36.5 Å². The molecule has 2 rings (SSSR count). The molecule has 82 valence electrons. The molecule has 0 aliphatic heterocycles. The van der Waals surface area contributed by atoms with Crippen molar-refractivity contribution < 1.29 is 4.74 Å². The van der Waals surface area contributed by atoms with Gasteiger partial charge in [-0.05, 0) is 12.1 Å². The summed E-state index contributed by atoms with van der Waals surface area (Å²) in [5, 5.41) is 1.07. The summed E-state index contributed by atoms with van der Waals surface area (Å²) in [6.07, 6.45) is 2.33. The number of hydrogen-bond donors (Lipinski definition) is 1. The van der Waals surface area contributed by atoms with Crippen LogP contribution in [0.2, 0.25) is 0 Å². The van der Waals surface area contributed by atoms with E-state index in [2.05, 4.69) is 4.98 Å². The Hall–Kier alpha value is -1.68. The smallest absolute Gasteiger partial charge is 0.145 e. The van der Waals surface area contributed by atoms with Gasteiger partial charge in [0, 0.05) is 18.0 Å². The number of ether oxygens (including phenoxy) is 1. The molecule has 0 aliphatic rings. The fourth-order valence-corrected chi connectivity index (χ4v) is 1.54. The van der Waals surface area contributed by atoms with Crippen molar-refractivity contribution in [2.24, 2.45) is 5.73 Å². The Morgan fingerprint density at radius 2 is 2.12 bits per heavy atom. The van der Waals surface area contributed by atoms with Crippen LogP contribution in [0.5, 0.6) is 5.75 Å². The third-order valence-electron chi connectivity index (χ3n) is 2.20. The number of benzene rings is 1. The number of pyridine rings is 1. The Labute approximate surface area is 99.2 Å². The van der Waals surface area contributed by atoms with Crippen LogP contribution in [0.15, 0.2) is 36.5 Å². The third kappa shape index (κ3) is 2.46. The van der Waals surface area contributed by atoms with Crippen molar-refractivity contribution in [3.8, 4) is 5.75 Å². The lowest BCUT2D eigenvalue weighted by Crippen LogP contribution is -2.12. The number of hydrogen-bond acceptors (Lipinski definition) is 3. The summed E-state index contributed by atoms with van der Waals surface area (Å²) in [7, 11) is 0. The van der Waals surface area contributed by atoms with Gasteiger partial charge in [0.05, 0.1) is 11.6 Å². The largest absolute Gasteiger partial charge is 0.491 e. The van der Waals surface area contributed by atoms with E-state index in [1.54, 1.807) is 6.20 Å². The van der Waals surface area contributed by atoms with Gasteiger partial charge in [0.2, 0.25) is 0 Å². The molecule has 16 heavy (non-hydrogen) atoms. The van der Waals surface area contributed by atoms with Gasteiger partial charge in [0.15, 0.2) is 0 Å². The van der Waals surface area contributed by atoms with E-state index in [4.69, 9.17) is 22.7 Å². The van der Waals surface area contributed by atoms with Crippen LogP contribution in [0.3, 0.4) is 0 Å². The first-order valence-electron chi connectivity index (χ1n) is 5.02. The van der Waals surface area contributed by atoms with Gasteiger partial charge < -0.3 is 10.5 Å². The van der Waals surface area contributed by atoms with Crippen molar-refractivity contribution in [1.29, 1.82) is 0 Å². The maximum absolute atomic E-state index is 5.60. The fraction of sp³-hybridized carbons (Fsp3) is 0.167. The molecule has 2 aromatic rings. The molecule has 1 aromatic heterocycles. The van der Waals surface area contributed by atoms with E-state index in [1.165, 1.54) is 0 Å². The van der Waals surface area contributed by atoms with Crippen LogP contribution in [0, 0.1) is 0 Å². The molecule has 0 unspecified atom stereocenters. The summed E-state index contributed by atoms with van der Waals surface area (Å²) in [5.41, 5.74) is 6.27. The van der Waals surface area contributed by atoms with Crippen molar-refractivity contribution in [2.75, 3.05) is 6.61 Å². The zero-order valence-corrected chi connectivity index (χ0v) is 9.54. The molecule has 1 aromatic carbocycles. The minimum absolute atomic E-state index is 0.466. The van der Waals surface area contributed by atoms with Crippen LogP contribution in [-0.2, 0) is 0 Å². The van der Waals surface area contributed by atoms with Crippen molar-refractivity contribution >= 4 is 28.1 Å². The molecule has 0 bridgehead atoms. The third-order valence-corrected chi connectivity index (χ3v) is 2.41. The second-order valence-corrected chi connectivity index (χ2v) is 3.92. The fourth-order valence-electron chi connectivity index (χ4n) is 1.45. The average Bonchev–Trinajstić information content (AvgIpc) is 2.29. The number of para-hydroxylation sites is 1. The van der Waals surface area contributed by atoms with E-state index in [0.717, 1.165) is 16.7 Å². The highest BCUT2D eigenvalue weighted by atomic mass is 32.1. The zero-order valence-electron chi connectivity index (χ0n) is 8.72. The minimum atomic E-state index is 0.466. The second-order valence-electron chi connectivity index (χ2n) is 3.40. The molecule has 0 saturated carbocycles. The molecule has 0 fully saturated rings. The normalized spacial score (nSPS) is 10.2. The lowest BCUT2D eigenvalue weighted by Gasteiger charge is -2.07. The number of nitrogens with two attached hydrogens (primary N) is 1. The Balaban J connectivity index is 2.20. The van der Waals surface area contributed by atoms with E-state index in [9.17, 15) is 0 Å². The molecule has 2 N–H and O–H groups in total. The number of aromatic nitrogens is 1. The molecule has 0 atom stereocenters. The second kappa shape index (κ2) is 4.90. The minimum Gasteiger partial charge on any atom is -0.491 e. The Kier molecular flexibility index (Phi) is 3.31. The van der Waals surface area contributed by atoms with Crippen LogP contribution in [0.4, 0.5) is 0 Å². The first-order valence-corrected chi connectivity index (χ1v) is 5.43. The van der Waals surface area contributed by atoms with E-state index in [0.29, 0.717) is 18.0 Å². The van der Waals surface area contributed by atoms with Crippen molar-refractivity contribution in [3.63, 3.8) is 0 Å². The molecule has 0 saturated heterocycles. The Bertz CT molecular complexity index is 508. The molecule has 1 heterocycles. The molecule has 4 heteroatoms. The van der Waals surface area contributed by atoms with E-state index in [-0.39, 0.29) is 0 Å². The first-order chi connectivity index (χ1) is 7.77. The zero-order chi connectivity index (χ0) is 11.4. The molecule has 0 aliphatic carbocycles. The Morgan fingerprint density at radius 3 is 2.94 bits per heavy atom.